The van der Waals surface area contributed by atoms with Crippen LogP contribution in [0.15, 0.2) is 24.3 Å². The molecule has 0 atom stereocenters. The van der Waals surface area contributed by atoms with Gasteiger partial charge in [0.05, 0.1) is 4.92 Å². The van der Waals surface area contributed by atoms with Crippen molar-refractivity contribution in [3.63, 3.8) is 0 Å². The van der Waals surface area contributed by atoms with E-state index in [0.29, 0.717) is 19.6 Å². The highest BCUT2D eigenvalue weighted by molar-refractivity contribution is 5.32. The van der Waals surface area contributed by atoms with E-state index in [9.17, 15) is 18.9 Å². The third-order valence-electron chi connectivity index (χ3n) is 3.45. The lowest BCUT2D eigenvalue weighted by atomic mass is 10.1. The third kappa shape index (κ3) is 3.96. The monoisotopic (exact) mass is 270 g/mol. The van der Waals surface area contributed by atoms with Crippen LogP contribution in [0.3, 0.4) is 0 Å². The molecule has 1 heterocycles. The Kier molecular flexibility index (Phi) is 4.09. The predicted molar refractivity (Wildman–Crippen MR) is 67.4 cm³/mol. The largest absolute Gasteiger partial charge is 0.303 e. The van der Waals surface area contributed by atoms with Crippen LogP contribution in [0.1, 0.15) is 18.4 Å². The Balaban J connectivity index is 1.81. The molecule has 1 aromatic carbocycles. The van der Waals surface area contributed by atoms with Gasteiger partial charge in [-0.1, -0.05) is 12.1 Å². The fourth-order valence-corrected chi connectivity index (χ4v) is 2.18. The first kappa shape index (κ1) is 13.9. The van der Waals surface area contributed by atoms with Crippen molar-refractivity contribution >= 4 is 5.69 Å². The maximum absolute atomic E-state index is 13.0. The van der Waals surface area contributed by atoms with Gasteiger partial charge in [-0.05, 0) is 12.0 Å². The summed E-state index contributed by atoms with van der Waals surface area (Å²) in [4.78, 5) is 12.1. The van der Waals surface area contributed by atoms with Crippen LogP contribution in [0.2, 0.25) is 0 Å². The van der Waals surface area contributed by atoms with Crippen LogP contribution >= 0.6 is 0 Å². The Labute approximate surface area is 110 Å². The quantitative estimate of drug-likeness (QED) is 0.624. The van der Waals surface area contributed by atoms with Gasteiger partial charge in [-0.2, -0.15) is 0 Å². The van der Waals surface area contributed by atoms with Crippen molar-refractivity contribution in [2.75, 3.05) is 19.6 Å². The van der Waals surface area contributed by atoms with Crippen LogP contribution in [0.4, 0.5) is 14.5 Å². The molecule has 0 unspecified atom stereocenters. The van der Waals surface area contributed by atoms with Gasteiger partial charge in [0.15, 0.2) is 0 Å². The SMILES string of the molecule is O=[N+]([O-])c1ccc(CCN2CCC(F)(F)CC2)cc1. The standard InChI is InChI=1S/C13H16F2N2O2/c14-13(15)6-9-16(10-7-13)8-5-11-1-3-12(4-2-11)17(18)19/h1-4H,5-10H2. The van der Waals surface area contributed by atoms with E-state index >= 15 is 0 Å². The lowest BCUT2D eigenvalue weighted by Crippen LogP contribution is -2.40. The number of piperidine rings is 1. The van der Waals surface area contributed by atoms with E-state index in [1.165, 1.54) is 12.1 Å². The van der Waals surface area contributed by atoms with Gasteiger partial charge in [0.1, 0.15) is 0 Å². The first-order valence-electron chi connectivity index (χ1n) is 6.30. The highest BCUT2D eigenvalue weighted by atomic mass is 19.3. The van der Waals surface area contributed by atoms with Crippen molar-refractivity contribution in [2.45, 2.75) is 25.2 Å². The third-order valence-corrected chi connectivity index (χ3v) is 3.45. The van der Waals surface area contributed by atoms with Crippen LogP contribution in [0.5, 0.6) is 0 Å². The van der Waals surface area contributed by atoms with Gasteiger partial charge in [0.25, 0.3) is 11.6 Å². The summed E-state index contributed by atoms with van der Waals surface area (Å²) in [5.41, 5.74) is 1.06. The summed E-state index contributed by atoms with van der Waals surface area (Å²) in [7, 11) is 0. The second-order valence-corrected chi connectivity index (χ2v) is 4.87. The lowest BCUT2D eigenvalue weighted by molar-refractivity contribution is -0.384. The zero-order valence-corrected chi connectivity index (χ0v) is 10.5. The number of halogens is 2. The summed E-state index contributed by atoms with van der Waals surface area (Å²) >= 11 is 0. The number of nitrogens with zero attached hydrogens (tertiary/aromatic N) is 2. The smallest absolute Gasteiger partial charge is 0.269 e. The maximum Gasteiger partial charge on any atom is 0.269 e. The maximum atomic E-state index is 13.0. The van der Waals surface area contributed by atoms with Gasteiger partial charge in [-0.25, -0.2) is 8.78 Å². The van der Waals surface area contributed by atoms with Crippen molar-refractivity contribution in [1.82, 2.24) is 4.90 Å². The first-order valence-corrected chi connectivity index (χ1v) is 6.30. The fourth-order valence-electron chi connectivity index (χ4n) is 2.18. The number of hydrogen-bond acceptors (Lipinski definition) is 3. The Morgan fingerprint density at radius 1 is 1.21 bits per heavy atom. The van der Waals surface area contributed by atoms with E-state index < -0.39 is 10.8 Å². The Morgan fingerprint density at radius 3 is 2.32 bits per heavy atom. The molecule has 0 aliphatic carbocycles. The second kappa shape index (κ2) is 5.61. The molecule has 0 amide bonds. The number of likely N-dealkylation sites (tertiary alicyclic amines) is 1. The average molecular weight is 270 g/mol. The van der Waals surface area contributed by atoms with E-state index in [1.54, 1.807) is 12.1 Å². The van der Waals surface area contributed by atoms with Crippen molar-refractivity contribution in [2.24, 2.45) is 0 Å². The Hall–Kier alpha value is -1.56. The molecule has 6 heteroatoms. The van der Waals surface area contributed by atoms with Gasteiger partial charge >= 0.3 is 0 Å². The van der Waals surface area contributed by atoms with Gasteiger partial charge < -0.3 is 4.90 Å². The number of nitro benzene ring substituents is 1. The molecule has 1 aromatic rings. The summed E-state index contributed by atoms with van der Waals surface area (Å²) in [6, 6.07) is 6.38. The number of alkyl halides is 2. The Morgan fingerprint density at radius 2 is 1.79 bits per heavy atom. The normalized spacial score (nSPS) is 19.3. The predicted octanol–water partition coefficient (Wildman–Crippen LogP) is 2.87. The minimum absolute atomic E-state index is 0.0707. The second-order valence-electron chi connectivity index (χ2n) is 4.87. The number of benzene rings is 1. The molecule has 2 rings (SSSR count). The van der Waals surface area contributed by atoms with Crippen LogP contribution in [0, 0.1) is 10.1 Å². The molecule has 1 fully saturated rings. The van der Waals surface area contributed by atoms with E-state index in [1.807, 2.05) is 4.90 Å². The zero-order chi connectivity index (χ0) is 13.9. The molecule has 19 heavy (non-hydrogen) atoms. The van der Waals surface area contributed by atoms with E-state index in [4.69, 9.17) is 0 Å². The highest BCUT2D eigenvalue weighted by Gasteiger charge is 2.33. The van der Waals surface area contributed by atoms with Gasteiger partial charge in [0, 0.05) is 44.6 Å². The molecule has 1 aliphatic rings. The topological polar surface area (TPSA) is 46.4 Å². The van der Waals surface area contributed by atoms with Crippen LogP contribution in [-0.2, 0) is 6.42 Å². The van der Waals surface area contributed by atoms with E-state index in [-0.39, 0.29) is 18.5 Å². The molecular formula is C13H16F2N2O2. The van der Waals surface area contributed by atoms with E-state index in [2.05, 4.69) is 0 Å². The van der Waals surface area contributed by atoms with Crippen molar-refractivity contribution in [1.29, 1.82) is 0 Å². The molecule has 0 N–H and O–H groups in total. The molecular weight excluding hydrogens is 254 g/mol. The van der Waals surface area contributed by atoms with E-state index in [0.717, 1.165) is 12.0 Å². The van der Waals surface area contributed by atoms with Gasteiger partial charge in [-0.3, -0.25) is 10.1 Å². The molecule has 4 nitrogen and oxygen atoms in total. The minimum Gasteiger partial charge on any atom is -0.303 e. The zero-order valence-electron chi connectivity index (χ0n) is 10.5. The van der Waals surface area contributed by atoms with Gasteiger partial charge in [0.2, 0.25) is 0 Å². The molecule has 1 aliphatic heterocycles. The lowest BCUT2D eigenvalue weighted by Gasteiger charge is -2.31. The van der Waals surface area contributed by atoms with Crippen molar-refractivity contribution in [3.8, 4) is 0 Å². The molecule has 0 spiro atoms. The summed E-state index contributed by atoms with van der Waals surface area (Å²) in [5, 5.41) is 10.5. The Bertz CT molecular complexity index is 438. The summed E-state index contributed by atoms with van der Waals surface area (Å²) in [6.07, 6.45) is 0.574. The van der Waals surface area contributed by atoms with Crippen LogP contribution in [0.25, 0.3) is 0 Å². The number of non-ortho nitro benzene ring substituents is 1. The number of rotatable bonds is 4. The fraction of sp³-hybridized carbons (Fsp3) is 0.538. The molecule has 0 bridgehead atoms. The molecule has 0 aromatic heterocycles. The molecule has 104 valence electrons. The molecule has 0 radical (unpaired) electrons. The van der Waals surface area contributed by atoms with Gasteiger partial charge in [-0.15, -0.1) is 0 Å². The minimum atomic E-state index is -2.51. The van der Waals surface area contributed by atoms with Crippen LogP contribution < -0.4 is 0 Å². The highest BCUT2D eigenvalue weighted by Crippen LogP contribution is 2.27. The number of hydrogen-bond donors (Lipinski definition) is 0. The van der Waals surface area contributed by atoms with Crippen molar-refractivity contribution in [3.05, 3.63) is 39.9 Å². The summed E-state index contributed by atoms with van der Waals surface area (Å²) < 4.78 is 25.9. The summed E-state index contributed by atoms with van der Waals surface area (Å²) in [6.45, 7) is 1.55. The molecule has 1 saturated heterocycles. The van der Waals surface area contributed by atoms with Crippen LogP contribution in [-0.4, -0.2) is 35.4 Å². The average Bonchev–Trinajstić information content (AvgIpc) is 2.38. The number of nitro groups is 1. The van der Waals surface area contributed by atoms with Crippen molar-refractivity contribution < 1.29 is 13.7 Å². The first-order chi connectivity index (χ1) is 8.96. The summed E-state index contributed by atoms with van der Waals surface area (Å²) in [5.74, 6) is -2.51. The molecule has 0 saturated carbocycles.